The highest BCUT2D eigenvalue weighted by Gasteiger charge is 2.26. The minimum Gasteiger partial charge on any atom is -0.360 e. The summed E-state index contributed by atoms with van der Waals surface area (Å²) in [5.41, 5.74) is 0.812. The zero-order valence-corrected chi connectivity index (χ0v) is 15.4. The molecule has 0 spiro atoms. The Morgan fingerprint density at radius 3 is 2.52 bits per heavy atom. The lowest BCUT2D eigenvalue weighted by Gasteiger charge is -2.15. The molecule has 0 aliphatic rings. The van der Waals surface area contributed by atoms with E-state index >= 15 is 0 Å². The van der Waals surface area contributed by atoms with Gasteiger partial charge >= 0.3 is 5.69 Å². The fourth-order valence-corrected chi connectivity index (χ4v) is 3.59. The number of hydrogen-bond donors (Lipinski definition) is 1. The van der Waals surface area contributed by atoms with Crippen LogP contribution in [-0.4, -0.2) is 41.5 Å². The molecule has 0 unspecified atom stereocenters. The van der Waals surface area contributed by atoms with E-state index in [0.29, 0.717) is 17.7 Å². The van der Waals surface area contributed by atoms with Crippen LogP contribution in [-0.2, 0) is 30.0 Å². The van der Waals surface area contributed by atoms with Gasteiger partial charge < -0.3 is 5.32 Å². The summed E-state index contributed by atoms with van der Waals surface area (Å²) in [6, 6.07) is 6.55. The molecular formula is C15H21N5O4S. The molecule has 0 atom stereocenters. The van der Waals surface area contributed by atoms with Gasteiger partial charge in [0.25, 0.3) is 0 Å². The van der Waals surface area contributed by atoms with Gasteiger partial charge in [-0.2, -0.15) is 5.10 Å². The van der Waals surface area contributed by atoms with Crippen LogP contribution < -0.4 is 5.32 Å². The lowest BCUT2D eigenvalue weighted by atomic mass is 10.2. The van der Waals surface area contributed by atoms with Gasteiger partial charge in [-0.15, -0.1) is 0 Å². The van der Waals surface area contributed by atoms with E-state index in [1.807, 2.05) is 0 Å². The molecule has 0 aliphatic carbocycles. The molecular weight excluding hydrogens is 346 g/mol. The Kier molecular flexibility index (Phi) is 5.43. The van der Waals surface area contributed by atoms with Gasteiger partial charge in [-0.3, -0.25) is 10.1 Å². The van der Waals surface area contributed by atoms with Gasteiger partial charge in [0.1, 0.15) is 5.69 Å². The van der Waals surface area contributed by atoms with E-state index in [-0.39, 0.29) is 22.9 Å². The minimum atomic E-state index is -3.61. The molecule has 136 valence electrons. The lowest BCUT2D eigenvalue weighted by Crippen LogP contribution is -2.24. The van der Waals surface area contributed by atoms with Crippen molar-refractivity contribution in [1.82, 2.24) is 14.1 Å². The lowest BCUT2D eigenvalue weighted by molar-refractivity contribution is -0.384. The topological polar surface area (TPSA) is 110 Å². The minimum absolute atomic E-state index is 0.0852. The van der Waals surface area contributed by atoms with Crippen LogP contribution in [0.25, 0.3) is 0 Å². The zero-order chi connectivity index (χ0) is 18.8. The van der Waals surface area contributed by atoms with Crippen molar-refractivity contribution >= 4 is 21.5 Å². The molecule has 9 nitrogen and oxygen atoms in total. The van der Waals surface area contributed by atoms with Crippen molar-refractivity contribution < 1.29 is 13.3 Å². The van der Waals surface area contributed by atoms with Crippen molar-refractivity contribution in [2.45, 2.75) is 24.8 Å². The van der Waals surface area contributed by atoms with Crippen molar-refractivity contribution in [1.29, 1.82) is 0 Å². The van der Waals surface area contributed by atoms with E-state index in [1.165, 1.54) is 24.8 Å². The molecule has 1 N–H and O–H groups in total. The van der Waals surface area contributed by atoms with Crippen LogP contribution in [0.5, 0.6) is 0 Å². The summed E-state index contributed by atoms with van der Waals surface area (Å²) in [6.07, 6.45) is 0.428. The largest absolute Gasteiger partial charge is 0.360 e. The summed E-state index contributed by atoms with van der Waals surface area (Å²) in [5.74, 6) is 0.249. The Hall–Kier alpha value is -2.46. The van der Waals surface area contributed by atoms with Crippen molar-refractivity contribution in [3.05, 3.63) is 45.6 Å². The van der Waals surface area contributed by atoms with E-state index in [9.17, 15) is 18.5 Å². The van der Waals surface area contributed by atoms with E-state index in [4.69, 9.17) is 0 Å². The quantitative estimate of drug-likeness (QED) is 0.590. The van der Waals surface area contributed by atoms with E-state index in [2.05, 4.69) is 10.4 Å². The maximum Gasteiger partial charge on any atom is 0.333 e. The fourth-order valence-electron chi connectivity index (χ4n) is 2.47. The molecule has 0 saturated carbocycles. The van der Waals surface area contributed by atoms with Crippen LogP contribution in [0.2, 0.25) is 0 Å². The smallest absolute Gasteiger partial charge is 0.333 e. The summed E-state index contributed by atoms with van der Waals surface area (Å²) >= 11 is 0. The van der Waals surface area contributed by atoms with Gasteiger partial charge in [0.15, 0.2) is 0 Å². The standard InChI is InChI=1S/C15H21N5O4S/c1-5-12-14(20(21)22)15(19(4)17-12)16-10-11-8-6-7-9-13(11)25(23,24)18(2)3/h6-9,16H,5,10H2,1-4H3. The average Bonchev–Trinajstić information content (AvgIpc) is 2.89. The number of nitro groups is 1. The van der Waals surface area contributed by atoms with Crippen LogP contribution in [0.1, 0.15) is 18.2 Å². The molecule has 0 saturated heterocycles. The number of sulfonamides is 1. The van der Waals surface area contributed by atoms with Crippen molar-refractivity contribution in [2.24, 2.45) is 7.05 Å². The number of aryl methyl sites for hydroxylation is 2. The third-order valence-electron chi connectivity index (χ3n) is 3.79. The highest BCUT2D eigenvalue weighted by Crippen LogP contribution is 2.29. The molecule has 1 aromatic heterocycles. The summed E-state index contributed by atoms with van der Waals surface area (Å²) in [5, 5.41) is 18.5. The Bertz CT molecular complexity index is 889. The highest BCUT2D eigenvalue weighted by atomic mass is 32.2. The highest BCUT2D eigenvalue weighted by molar-refractivity contribution is 7.89. The van der Waals surface area contributed by atoms with Gasteiger partial charge in [-0.1, -0.05) is 25.1 Å². The first-order valence-corrected chi connectivity index (χ1v) is 9.08. The van der Waals surface area contributed by atoms with Crippen molar-refractivity contribution in [2.75, 3.05) is 19.4 Å². The predicted molar refractivity (Wildman–Crippen MR) is 93.9 cm³/mol. The number of hydrogen-bond acceptors (Lipinski definition) is 6. The Morgan fingerprint density at radius 1 is 1.32 bits per heavy atom. The summed E-state index contributed by atoms with van der Waals surface area (Å²) < 4.78 is 27.4. The first kappa shape index (κ1) is 18.9. The summed E-state index contributed by atoms with van der Waals surface area (Å²) in [7, 11) is 0.912. The second kappa shape index (κ2) is 7.19. The molecule has 1 heterocycles. The number of rotatable bonds is 7. The number of anilines is 1. The van der Waals surface area contributed by atoms with Gasteiger partial charge in [0.2, 0.25) is 15.8 Å². The third-order valence-corrected chi connectivity index (χ3v) is 5.70. The Labute approximate surface area is 146 Å². The summed E-state index contributed by atoms with van der Waals surface area (Å²) in [4.78, 5) is 11.0. The molecule has 1 aromatic carbocycles. The average molecular weight is 367 g/mol. The second-order valence-electron chi connectivity index (χ2n) is 5.63. The number of nitrogens with one attached hydrogen (secondary N) is 1. The van der Waals surface area contributed by atoms with Gasteiger partial charge in [0, 0.05) is 27.7 Å². The molecule has 0 radical (unpaired) electrons. The monoisotopic (exact) mass is 367 g/mol. The molecule has 0 bridgehead atoms. The van der Waals surface area contributed by atoms with Crippen LogP contribution >= 0.6 is 0 Å². The van der Waals surface area contributed by atoms with Crippen molar-refractivity contribution in [3.63, 3.8) is 0 Å². The molecule has 2 rings (SSSR count). The molecule has 0 aliphatic heterocycles. The SMILES string of the molecule is CCc1nn(C)c(NCc2ccccc2S(=O)(=O)N(C)C)c1[N+](=O)[O-]. The molecule has 25 heavy (non-hydrogen) atoms. The van der Waals surface area contributed by atoms with E-state index < -0.39 is 14.9 Å². The fraction of sp³-hybridized carbons (Fsp3) is 0.400. The van der Waals surface area contributed by atoms with Gasteiger partial charge in [-0.05, 0) is 18.1 Å². The van der Waals surface area contributed by atoms with Crippen LogP contribution in [0.4, 0.5) is 11.5 Å². The Morgan fingerprint density at radius 2 is 1.96 bits per heavy atom. The van der Waals surface area contributed by atoms with Gasteiger partial charge in [-0.25, -0.2) is 17.4 Å². The molecule has 10 heteroatoms. The Balaban J connectivity index is 2.39. The maximum atomic E-state index is 12.4. The maximum absolute atomic E-state index is 12.4. The first-order chi connectivity index (χ1) is 11.7. The van der Waals surface area contributed by atoms with Crippen molar-refractivity contribution in [3.8, 4) is 0 Å². The number of aromatic nitrogens is 2. The third kappa shape index (κ3) is 3.64. The number of benzene rings is 1. The van der Waals surface area contributed by atoms with Gasteiger partial charge in [0.05, 0.1) is 9.82 Å². The summed E-state index contributed by atoms with van der Waals surface area (Å²) in [6.45, 7) is 1.91. The van der Waals surface area contributed by atoms with E-state index in [0.717, 1.165) is 4.31 Å². The molecule has 0 amide bonds. The zero-order valence-electron chi connectivity index (χ0n) is 14.6. The molecule has 0 fully saturated rings. The predicted octanol–water partition coefficient (Wildman–Crippen LogP) is 1.75. The molecule has 2 aromatic rings. The van der Waals surface area contributed by atoms with Crippen LogP contribution in [0, 0.1) is 10.1 Å². The first-order valence-electron chi connectivity index (χ1n) is 7.64. The second-order valence-corrected chi connectivity index (χ2v) is 7.75. The van der Waals surface area contributed by atoms with Crippen LogP contribution in [0.3, 0.4) is 0 Å². The number of nitrogens with zero attached hydrogens (tertiary/aromatic N) is 4. The van der Waals surface area contributed by atoms with Crippen LogP contribution in [0.15, 0.2) is 29.2 Å². The van der Waals surface area contributed by atoms with E-state index in [1.54, 1.807) is 32.2 Å². The normalized spacial score (nSPS) is 11.7.